The van der Waals surface area contributed by atoms with Crippen LogP contribution >= 0.6 is 0 Å². The lowest BCUT2D eigenvalue weighted by Gasteiger charge is -2.22. The van der Waals surface area contributed by atoms with Gasteiger partial charge in [-0.1, -0.05) is 25.9 Å². The number of rotatable bonds is 4. The van der Waals surface area contributed by atoms with Gasteiger partial charge in [-0.05, 0) is 29.0 Å². The molecular formula is C15H19N5O3. The van der Waals surface area contributed by atoms with Crippen LogP contribution in [0.25, 0.3) is 10.4 Å². The summed E-state index contributed by atoms with van der Waals surface area (Å²) in [4.78, 5) is 27.3. The molecule has 1 aliphatic rings. The third-order valence-electron chi connectivity index (χ3n) is 3.91. The smallest absolute Gasteiger partial charge is 0.275 e. The maximum atomic E-state index is 12.1. The summed E-state index contributed by atoms with van der Waals surface area (Å²) in [7, 11) is 0. The molecule has 1 aliphatic heterocycles. The fourth-order valence-electron chi connectivity index (χ4n) is 2.78. The molecule has 0 spiro atoms. The molecule has 0 saturated carbocycles. The fourth-order valence-corrected chi connectivity index (χ4v) is 2.78. The molecule has 122 valence electrons. The van der Waals surface area contributed by atoms with E-state index in [9.17, 15) is 14.9 Å². The molecule has 1 atom stereocenters. The number of nitrogens with zero attached hydrogens (tertiary/aromatic N) is 5. The largest absolute Gasteiger partial charge is 0.312 e. The molecule has 1 fully saturated rings. The number of amides is 1. The first-order valence-electron chi connectivity index (χ1n) is 7.34. The Hall–Kier alpha value is -2.60. The predicted molar refractivity (Wildman–Crippen MR) is 86.3 cm³/mol. The van der Waals surface area contributed by atoms with Gasteiger partial charge in [-0.25, -0.2) is 0 Å². The summed E-state index contributed by atoms with van der Waals surface area (Å²) in [6, 6.07) is 4.90. The second-order valence-electron chi connectivity index (χ2n) is 6.70. The van der Waals surface area contributed by atoms with Crippen molar-refractivity contribution >= 4 is 17.3 Å². The van der Waals surface area contributed by atoms with E-state index in [2.05, 4.69) is 10.0 Å². The van der Waals surface area contributed by atoms with Gasteiger partial charge in [0.2, 0.25) is 5.91 Å². The standard InChI is InChI=1S/C15H19N5O3/c1-15(2,3)12-5-4-11(7-13(12)20(22)23)19-9-10(6-14(19)21)8-17-18-16/h4-5,7,10H,6,8-9H2,1-3H3. The van der Waals surface area contributed by atoms with Crippen molar-refractivity contribution in [2.75, 3.05) is 18.0 Å². The number of nitro groups is 1. The summed E-state index contributed by atoms with van der Waals surface area (Å²) in [6.07, 6.45) is 0.286. The summed E-state index contributed by atoms with van der Waals surface area (Å²) in [5, 5.41) is 14.9. The van der Waals surface area contributed by atoms with Gasteiger partial charge in [-0.15, -0.1) is 0 Å². The molecule has 8 nitrogen and oxygen atoms in total. The van der Waals surface area contributed by atoms with Crippen molar-refractivity contribution in [2.45, 2.75) is 32.6 Å². The van der Waals surface area contributed by atoms with Crippen LogP contribution < -0.4 is 4.90 Å². The van der Waals surface area contributed by atoms with Crippen LogP contribution in [-0.4, -0.2) is 23.9 Å². The van der Waals surface area contributed by atoms with Crippen LogP contribution in [-0.2, 0) is 10.2 Å². The molecule has 23 heavy (non-hydrogen) atoms. The lowest BCUT2D eigenvalue weighted by Crippen LogP contribution is -2.25. The maximum absolute atomic E-state index is 12.1. The number of hydrogen-bond acceptors (Lipinski definition) is 4. The lowest BCUT2D eigenvalue weighted by molar-refractivity contribution is -0.385. The third-order valence-corrected chi connectivity index (χ3v) is 3.91. The molecule has 1 saturated heterocycles. The van der Waals surface area contributed by atoms with E-state index in [0.717, 1.165) is 0 Å². The number of azide groups is 1. The predicted octanol–water partition coefficient (Wildman–Crippen LogP) is 3.56. The number of carbonyl (C=O) groups excluding carboxylic acids is 1. The number of anilines is 1. The minimum atomic E-state index is -0.415. The van der Waals surface area contributed by atoms with Crippen molar-refractivity contribution in [3.8, 4) is 0 Å². The first-order valence-corrected chi connectivity index (χ1v) is 7.34. The van der Waals surface area contributed by atoms with E-state index in [0.29, 0.717) is 17.8 Å². The monoisotopic (exact) mass is 317 g/mol. The highest BCUT2D eigenvalue weighted by atomic mass is 16.6. The third kappa shape index (κ3) is 3.60. The molecular weight excluding hydrogens is 298 g/mol. The zero-order valence-electron chi connectivity index (χ0n) is 13.4. The summed E-state index contributed by atoms with van der Waals surface area (Å²) >= 11 is 0. The summed E-state index contributed by atoms with van der Waals surface area (Å²) in [5.41, 5.74) is 9.16. The van der Waals surface area contributed by atoms with Crippen LogP contribution in [0.1, 0.15) is 32.8 Å². The Bertz CT molecular complexity index is 689. The van der Waals surface area contributed by atoms with Crippen LogP contribution in [0.15, 0.2) is 23.3 Å². The van der Waals surface area contributed by atoms with Gasteiger partial charge in [0.25, 0.3) is 5.69 Å². The van der Waals surface area contributed by atoms with Crippen LogP contribution in [0.3, 0.4) is 0 Å². The molecule has 1 amide bonds. The molecule has 1 aromatic carbocycles. The first-order chi connectivity index (χ1) is 10.7. The summed E-state index contributed by atoms with van der Waals surface area (Å²) in [6.45, 7) is 6.38. The van der Waals surface area contributed by atoms with Gasteiger partial charge in [0.1, 0.15) is 0 Å². The Labute approximate surface area is 133 Å². The fraction of sp³-hybridized carbons (Fsp3) is 0.533. The average Bonchev–Trinajstić information content (AvgIpc) is 2.84. The Kier molecular flexibility index (Phi) is 4.56. The van der Waals surface area contributed by atoms with Gasteiger partial charge in [-0.3, -0.25) is 14.9 Å². The van der Waals surface area contributed by atoms with Crippen molar-refractivity contribution in [2.24, 2.45) is 11.0 Å². The normalized spacial score (nSPS) is 18.0. The van der Waals surface area contributed by atoms with E-state index < -0.39 is 4.92 Å². The van der Waals surface area contributed by atoms with Crippen molar-refractivity contribution in [3.05, 3.63) is 44.3 Å². The van der Waals surface area contributed by atoms with Crippen LogP contribution in [0.4, 0.5) is 11.4 Å². The van der Waals surface area contributed by atoms with Gasteiger partial charge in [0.05, 0.1) is 10.6 Å². The van der Waals surface area contributed by atoms with Crippen molar-refractivity contribution in [1.82, 2.24) is 0 Å². The molecule has 0 N–H and O–H groups in total. The van der Waals surface area contributed by atoms with E-state index in [1.165, 1.54) is 11.0 Å². The molecule has 1 aromatic rings. The quantitative estimate of drug-likeness (QED) is 0.278. The molecule has 1 unspecified atom stereocenters. The lowest BCUT2D eigenvalue weighted by atomic mass is 9.85. The Morgan fingerprint density at radius 2 is 2.17 bits per heavy atom. The maximum Gasteiger partial charge on any atom is 0.275 e. The molecule has 0 aliphatic carbocycles. The zero-order chi connectivity index (χ0) is 17.2. The first kappa shape index (κ1) is 16.8. The number of hydrogen-bond donors (Lipinski definition) is 0. The number of benzene rings is 1. The highest BCUT2D eigenvalue weighted by molar-refractivity contribution is 5.96. The highest BCUT2D eigenvalue weighted by Gasteiger charge is 2.32. The number of carbonyl (C=O) groups is 1. The minimum Gasteiger partial charge on any atom is -0.312 e. The van der Waals surface area contributed by atoms with E-state index in [4.69, 9.17) is 5.53 Å². The Morgan fingerprint density at radius 3 is 2.74 bits per heavy atom. The van der Waals surface area contributed by atoms with Crippen molar-refractivity contribution in [3.63, 3.8) is 0 Å². The van der Waals surface area contributed by atoms with Crippen molar-refractivity contribution < 1.29 is 9.72 Å². The van der Waals surface area contributed by atoms with Crippen LogP contribution in [0.2, 0.25) is 0 Å². The summed E-state index contributed by atoms with van der Waals surface area (Å²) in [5.74, 6) is -0.166. The van der Waals surface area contributed by atoms with Gasteiger partial charge in [0, 0.05) is 36.1 Å². The van der Waals surface area contributed by atoms with E-state index in [1.807, 2.05) is 20.8 Å². The van der Waals surface area contributed by atoms with Crippen LogP contribution in [0, 0.1) is 16.0 Å². The van der Waals surface area contributed by atoms with Crippen molar-refractivity contribution in [1.29, 1.82) is 0 Å². The highest BCUT2D eigenvalue weighted by Crippen LogP contribution is 2.35. The molecule has 8 heteroatoms. The molecule has 2 rings (SSSR count). The van der Waals surface area contributed by atoms with E-state index >= 15 is 0 Å². The van der Waals surface area contributed by atoms with E-state index in [1.54, 1.807) is 12.1 Å². The topological polar surface area (TPSA) is 112 Å². The van der Waals surface area contributed by atoms with E-state index in [-0.39, 0.29) is 35.9 Å². The zero-order valence-corrected chi connectivity index (χ0v) is 13.4. The molecule has 0 aromatic heterocycles. The van der Waals surface area contributed by atoms with Gasteiger partial charge >= 0.3 is 0 Å². The molecule has 0 bridgehead atoms. The van der Waals surface area contributed by atoms with Gasteiger partial charge < -0.3 is 4.90 Å². The average molecular weight is 317 g/mol. The van der Waals surface area contributed by atoms with Gasteiger partial charge in [0.15, 0.2) is 0 Å². The van der Waals surface area contributed by atoms with Crippen LogP contribution in [0.5, 0.6) is 0 Å². The summed E-state index contributed by atoms with van der Waals surface area (Å²) < 4.78 is 0. The Balaban J connectivity index is 2.34. The minimum absolute atomic E-state index is 0.0151. The second-order valence-corrected chi connectivity index (χ2v) is 6.70. The molecule has 0 radical (unpaired) electrons. The SMILES string of the molecule is CC(C)(C)c1ccc(N2CC(CN=[N+]=[N-])CC2=O)cc1[N+](=O)[O-]. The number of nitro benzene ring substituents is 1. The second kappa shape index (κ2) is 6.26. The molecule has 1 heterocycles. The van der Waals surface area contributed by atoms with Gasteiger partial charge in [-0.2, -0.15) is 0 Å². The Morgan fingerprint density at radius 1 is 1.48 bits per heavy atom.